The number of likely N-dealkylation sites (tertiary alicyclic amines) is 1. The lowest BCUT2D eigenvalue weighted by Gasteiger charge is -2.58. The fourth-order valence-corrected chi connectivity index (χ4v) is 3.01. The van der Waals surface area contributed by atoms with Gasteiger partial charge in [-0.05, 0) is 13.3 Å². The van der Waals surface area contributed by atoms with Gasteiger partial charge < -0.3 is 20.5 Å². The van der Waals surface area contributed by atoms with Crippen molar-refractivity contribution >= 4 is 5.91 Å². The summed E-state index contributed by atoms with van der Waals surface area (Å²) in [6.07, 6.45) is 0.864. The molecule has 1 aliphatic carbocycles. The second-order valence-corrected chi connectivity index (χ2v) is 6.03. The maximum absolute atomic E-state index is 12.5. The van der Waals surface area contributed by atoms with Crippen molar-refractivity contribution in [2.45, 2.75) is 51.4 Å². The number of ether oxygens (including phenoxy) is 1. The highest BCUT2D eigenvalue weighted by atomic mass is 16.5. The minimum Gasteiger partial charge on any atom is -0.391 e. The number of carbonyl (C=O) groups excluding carboxylic acids is 1. The van der Waals surface area contributed by atoms with Crippen molar-refractivity contribution in [3.63, 3.8) is 0 Å². The Kier molecular flexibility index (Phi) is 3.42. The van der Waals surface area contributed by atoms with Crippen molar-refractivity contribution in [2.24, 2.45) is 11.1 Å². The van der Waals surface area contributed by atoms with Gasteiger partial charge in [0.05, 0.1) is 12.2 Å². The molecule has 2 rings (SSSR count). The second kappa shape index (κ2) is 4.47. The predicted octanol–water partition coefficient (Wildman–Crippen LogP) is 0.112. The van der Waals surface area contributed by atoms with Crippen LogP contribution in [0.2, 0.25) is 0 Å². The van der Waals surface area contributed by atoms with Crippen molar-refractivity contribution in [1.82, 2.24) is 4.90 Å². The predicted molar refractivity (Wildman–Crippen MR) is 67.9 cm³/mol. The van der Waals surface area contributed by atoms with Crippen LogP contribution in [0, 0.1) is 5.41 Å². The molecule has 3 atom stereocenters. The highest BCUT2D eigenvalue weighted by Crippen LogP contribution is 2.50. The van der Waals surface area contributed by atoms with Crippen LogP contribution in [0.5, 0.6) is 0 Å². The van der Waals surface area contributed by atoms with E-state index in [1.165, 1.54) is 0 Å². The molecule has 104 valence electrons. The molecule has 18 heavy (non-hydrogen) atoms. The van der Waals surface area contributed by atoms with Crippen LogP contribution in [0.25, 0.3) is 0 Å². The van der Waals surface area contributed by atoms with Gasteiger partial charge >= 0.3 is 0 Å². The van der Waals surface area contributed by atoms with Gasteiger partial charge in [-0.25, -0.2) is 0 Å². The molecule has 2 aliphatic rings. The number of carbonyl (C=O) groups is 1. The average molecular weight is 256 g/mol. The Morgan fingerprint density at radius 2 is 2.22 bits per heavy atom. The van der Waals surface area contributed by atoms with Gasteiger partial charge in [-0.3, -0.25) is 4.79 Å². The molecule has 1 saturated heterocycles. The van der Waals surface area contributed by atoms with E-state index in [0.717, 1.165) is 0 Å². The third kappa shape index (κ3) is 1.85. The van der Waals surface area contributed by atoms with Crippen LogP contribution in [-0.2, 0) is 9.53 Å². The smallest absolute Gasteiger partial charge is 0.243 e. The Labute approximate surface area is 108 Å². The third-order valence-corrected chi connectivity index (χ3v) is 4.66. The van der Waals surface area contributed by atoms with Crippen LogP contribution in [0.1, 0.15) is 33.6 Å². The standard InChI is InChI=1S/C13H24N2O3/c1-4-18-10-7-13(14,12(10,2)3)11(17)15-6-5-9(16)8-15/h9-10,16H,4-8,14H2,1-3H3/t9-,10?,13?/m0/s1. The van der Waals surface area contributed by atoms with Gasteiger partial charge in [-0.1, -0.05) is 13.8 Å². The van der Waals surface area contributed by atoms with E-state index in [0.29, 0.717) is 32.5 Å². The molecule has 5 heteroatoms. The summed E-state index contributed by atoms with van der Waals surface area (Å²) in [5.74, 6) is -0.0417. The van der Waals surface area contributed by atoms with Crippen LogP contribution in [0.4, 0.5) is 0 Å². The first kappa shape index (κ1) is 13.8. The van der Waals surface area contributed by atoms with E-state index in [-0.39, 0.29) is 17.4 Å². The molecule has 2 fully saturated rings. The number of hydrogen-bond donors (Lipinski definition) is 2. The molecule has 1 heterocycles. The first-order valence-electron chi connectivity index (χ1n) is 6.71. The van der Waals surface area contributed by atoms with Crippen molar-refractivity contribution < 1.29 is 14.6 Å². The number of hydrogen-bond acceptors (Lipinski definition) is 4. The minimum atomic E-state index is -0.850. The molecule has 1 aliphatic heterocycles. The highest BCUT2D eigenvalue weighted by Gasteiger charge is 2.64. The van der Waals surface area contributed by atoms with Gasteiger partial charge in [-0.15, -0.1) is 0 Å². The normalized spacial score (nSPS) is 38.6. The summed E-state index contributed by atoms with van der Waals surface area (Å²) < 4.78 is 5.62. The van der Waals surface area contributed by atoms with Crippen LogP contribution in [0.3, 0.4) is 0 Å². The highest BCUT2D eigenvalue weighted by molar-refractivity contribution is 5.89. The van der Waals surface area contributed by atoms with Crippen LogP contribution < -0.4 is 5.73 Å². The van der Waals surface area contributed by atoms with Crippen LogP contribution >= 0.6 is 0 Å². The molecule has 2 unspecified atom stereocenters. The van der Waals surface area contributed by atoms with Gasteiger partial charge in [-0.2, -0.15) is 0 Å². The Morgan fingerprint density at radius 3 is 2.67 bits per heavy atom. The van der Waals surface area contributed by atoms with E-state index in [2.05, 4.69) is 0 Å². The zero-order chi connectivity index (χ0) is 13.6. The molecule has 1 amide bonds. The summed E-state index contributed by atoms with van der Waals surface area (Å²) in [5.41, 5.74) is 5.11. The lowest BCUT2D eigenvalue weighted by atomic mass is 9.54. The molecule has 0 aromatic carbocycles. The van der Waals surface area contributed by atoms with Gasteiger partial charge in [0.25, 0.3) is 0 Å². The number of rotatable bonds is 3. The molecule has 0 bridgehead atoms. The summed E-state index contributed by atoms with van der Waals surface area (Å²) in [7, 11) is 0. The largest absolute Gasteiger partial charge is 0.391 e. The minimum absolute atomic E-state index is 0.0417. The zero-order valence-corrected chi connectivity index (χ0v) is 11.5. The van der Waals surface area contributed by atoms with Gasteiger partial charge in [0.1, 0.15) is 5.54 Å². The van der Waals surface area contributed by atoms with Crippen molar-refractivity contribution in [3.8, 4) is 0 Å². The van der Waals surface area contributed by atoms with Gasteiger partial charge in [0, 0.05) is 31.5 Å². The summed E-state index contributed by atoms with van der Waals surface area (Å²) >= 11 is 0. The van der Waals surface area contributed by atoms with Gasteiger partial charge in [0.15, 0.2) is 0 Å². The third-order valence-electron chi connectivity index (χ3n) is 4.66. The lowest BCUT2D eigenvalue weighted by molar-refractivity contribution is -0.178. The Morgan fingerprint density at radius 1 is 1.56 bits per heavy atom. The fraction of sp³-hybridized carbons (Fsp3) is 0.923. The van der Waals surface area contributed by atoms with Crippen molar-refractivity contribution in [1.29, 1.82) is 0 Å². The topological polar surface area (TPSA) is 75.8 Å². The van der Waals surface area contributed by atoms with E-state index in [4.69, 9.17) is 10.5 Å². The van der Waals surface area contributed by atoms with Crippen LogP contribution in [-0.4, -0.2) is 53.4 Å². The molecule has 1 saturated carbocycles. The van der Waals surface area contributed by atoms with Crippen molar-refractivity contribution in [3.05, 3.63) is 0 Å². The van der Waals surface area contributed by atoms with E-state index in [1.807, 2.05) is 20.8 Å². The molecule has 3 N–H and O–H groups in total. The Hall–Kier alpha value is -0.650. The lowest BCUT2D eigenvalue weighted by Crippen LogP contribution is -2.75. The summed E-state index contributed by atoms with van der Waals surface area (Å²) in [6.45, 7) is 7.58. The maximum atomic E-state index is 12.5. The van der Waals surface area contributed by atoms with E-state index in [1.54, 1.807) is 4.90 Å². The SMILES string of the molecule is CCOC1CC(N)(C(=O)N2CC[C@H](O)C2)C1(C)C. The molecule has 0 aromatic heterocycles. The average Bonchev–Trinajstić information content (AvgIpc) is 2.74. The Bertz CT molecular complexity index is 345. The first-order chi connectivity index (χ1) is 8.33. The van der Waals surface area contributed by atoms with Crippen molar-refractivity contribution in [2.75, 3.05) is 19.7 Å². The summed E-state index contributed by atoms with van der Waals surface area (Å²) in [4.78, 5) is 14.2. The molecular formula is C13H24N2O3. The number of nitrogens with two attached hydrogens (primary N) is 1. The van der Waals surface area contributed by atoms with E-state index in [9.17, 15) is 9.90 Å². The first-order valence-corrected chi connectivity index (χ1v) is 6.71. The number of nitrogens with zero attached hydrogens (tertiary/aromatic N) is 1. The molecule has 0 radical (unpaired) electrons. The number of aliphatic hydroxyl groups excluding tert-OH is 1. The Balaban J connectivity index is 2.07. The monoisotopic (exact) mass is 256 g/mol. The summed E-state index contributed by atoms with van der Waals surface area (Å²) in [6, 6.07) is 0. The zero-order valence-electron chi connectivity index (χ0n) is 11.5. The summed E-state index contributed by atoms with van der Waals surface area (Å²) in [5, 5.41) is 9.51. The van der Waals surface area contributed by atoms with E-state index < -0.39 is 11.6 Å². The molecule has 0 spiro atoms. The molecular weight excluding hydrogens is 232 g/mol. The number of amides is 1. The molecule has 5 nitrogen and oxygen atoms in total. The van der Waals surface area contributed by atoms with Crippen LogP contribution in [0.15, 0.2) is 0 Å². The number of β-amino-alcohol motifs (C(OH)–C–C–N with tert-alkyl or cyclic N) is 1. The number of aliphatic hydroxyl groups is 1. The van der Waals surface area contributed by atoms with E-state index >= 15 is 0 Å². The van der Waals surface area contributed by atoms with Gasteiger partial charge in [0.2, 0.25) is 5.91 Å². The quantitative estimate of drug-likeness (QED) is 0.751. The second-order valence-electron chi connectivity index (χ2n) is 6.03. The fourth-order valence-electron chi connectivity index (χ4n) is 3.01. The maximum Gasteiger partial charge on any atom is 0.243 e. The molecule has 0 aromatic rings.